The smallest absolute Gasteiger partial charge is 0.259 e. The van der Waals surface area contributed by atoms with Crippen molar-refractivity contribution in [3.8, 4) is 0 Å². The number of benzene rings is 1. The summed E-state index contributed by atoms with van der Waals surface area (Å²) in [4.78, 5) is 20.8. The number of amides is 1. The number of fused-ring (bicyclic) bond motifs is 1. The Morgan fingerprint density at radius 2 is 1.96 bits per heavy atom. The maximum absolute atomic E-state index is 12.8. The van der Waals surface area contributed by atoms with Gasteiger partial charge >= 0.3 is 0 Å². The van der Waals surface area contributed by atoms with Crippen molar-refractivity contribution in [2.24, 2.45) is 0 Å². The largest absolute Gasteiger partial charge is 0.398 e. The molecular formula is C17H22Cl2N4O. The molecule has 0 fully saturated rings. The van der Waals surface area contributed by atoms with Crippen LogP contribution in [0.5, 0.6) is 0 Å². The third-order valence-electron chi connectivity index (χ3n) is 3.98. The van der Waals surface area contributed by atoms with Gasteiger partial charge in [-0.05, 0) is 42.7 Å². The Hall–Kier alpha value is -1.98. The van der Waals surface area contributed by atoms with Gasteiger partial charge in [0.05, 0.1) is 5.56 Å². The van der Waals surface area contributed by atoms with Crippen molar-refractivity contribution in [3.05, 3.63) is 47.7 Å². The molecule has 1 aliphatic heterocycles. The summed E-state index contributed by atoms with van der Waals surface area (Å²) in [5.41, 5.74) is 9.39. The van der Waals surface area contributed by atoms with Crippen LogP contribution in [0.2, 0.25) is 0 Å². The molecule has 0 spiro atoms. The minimum absolute atomic E-state index is 0. The van der Waals surface area contributed by atoms with Crippen LogP contribution in [0.3, 0.4) is 0 Å². The first-order valence-corrected chi connectivity index (χ1v) is 7.40. The first-order chi connectivity index (χ1) is 10.6. The van der Waals surface area contributed by atoms with Crippen molar-refractivity contribution >= 4 is 47.9 Å². The lowest BCUT2D eigenvalue weighted by Gasteiger charge is -2.30. The Kier molecular flexibility index (Phi) is 6.87. The SMILES string of the molecule is CN(C)c1ccc(C(=O)N2CCCc3c(N)cccc32)cn1.Cl.Cl. The summed E-state index contributed by atoms with van der Waals surface area (Å²) in [6.45, 7) is 0.713. The third-order valence-corrected chi connectivity index (χ3v) is 3.98. The number of hydrogen-bond acceptors (Lipinski definition) is 4. The zero-order chi connectivity index (χ0) is 15.7. The number of nitrogens with zero attached hydrogens (tertiary/aromatic N) is 3. The van der Waals surface area contributed by atoms with Gasteiger partial charge in [-0.15, -0.1) is 24.8 Å². The van der Waals surface area contributed by atoms with E-state index >= 15 is 0 Å². The molecule has 0 aliphatic carbocycles. The lowest BCUT2D eigenvalue weighted by atomic mass is 9.99. The van der Waals surface area contributed by atoms with E-state index in [4.69, 9.17) is 5.73 Å². The number of aromatic nitrogens is 1. The van der Waals surface area contributed by atoms with Crippen molar-refractivity contribution in [1.82, 2.24) is 4.98 Å². The fourth-order valence-electron chi connectivity index (χ4n) is 2.80. The van der Waals surface area contributed by atoms with E-state index < -0.39 is 0 Å². The molecule has 1 aromatic heterocycles. The van der Waals surface area contributed by atoms with Gasteiger partial charge in [-0.1, -0.05) is 6.07 Å². The van der Waals surface area contributed by atoms with E-state index in [2.05, 4.69) is 4.98 Å². The highest BCUT2D eigenvalue weighted by atomic mass is 35.5. The van der Waals surface area contributed by atoms with E-state index in [1.165, 1.54) is 0 Å². The van der Waals surface area contributed by atoms with Crippen LogP contribution in [0.25, 0.3) is 0 Å². The molecule has 0 unspecified atom stereocenters. The molecule has 0 atom stereocenters. The van der Waals surface area contributed by atoms with E-state index in [1.54, 1.807) is 6.20 Å². The number of hydrogen-bond donors (Lipinski definition) is 1. The molecule has 0 radical (unpaired) electrons. The lowest BCUT2D eigenvalue weighted by Crippen LogP contribution is -2.35. The molecule has 0 saturated heterocycles. The lowest BCUT2D eigenvalue weighted by molar-refractivity contribution is 0.0985. The van der Waals surface area contributed by atoms with Gasteiger partial charge in [0.2, 0.25) is 0 Å². The highest BCUT2D eigenvalue weighted by molar-refractivity contribution is 6.07. The van der Waals surface area contributed by atoms with Gasteiger partial charge in [-0.3, -0.25) is 4.79 Å². The van der Waals surface area contributed by atoms with Crippen molar-refractivity contribution in [2.75, 3.05) is 36.2 Å². The molecule has 0 saturated carbocycles. The zero-order valence-corrected chi connectivity index (χ0v) is 15.4. The summed E-state index contributed by atoms with van der Waals surface area (Å²) < 4.78 is 0. The number of nitrogen functional groups attached to an aromatic ring is 1. The van der Waals surface area contributed by atoms with Gasteiger partial charge in [-0.25, -0.2) is 4.98 Å². The number of carbonyl (C=O) groups is 1. The number of halogens is 2. The number of carbonyl (C=O) groups excluding carboxylic acids is 1. The van der Waals surface area contributed by atoms with Crippen molar-refractivity contribution in [3.63, 3.8) is 0 Å². The maximum atomic E-state index is 12.8. The summed E-state index contributed by atoms with van der Waals surface area (Å²) >= 11 is 0. The van der Waals surface area contributed by atoms with E-state index in [1.807, 2.05) is 54.2 Å². The number of anilines is 3. The van der Waals surface area contributed by atoms with Crippen LogP contribution >= 0.6 is 24.8 Å². The summed E-state index contributed by atoms with van der Waals surface area (Å²) in [5, 5.41) is 0. The molecule has 7 heteroatoms. The highest BCUT2D eigenvalue weighted by Crippen LogP contribution is 2.32. The summed E-state index contributed by atoms with van der Waals surface area (Å²) in [5.74, 6) is 0.809. The minimum Gasteiger partial charge on any atom is -0.398 e. The van der Waals surface area contributed by atoms with Crippen molar-refractivity contribution in [1.29, 1.82) is 0 Å². The monoisotopic (exact) mass is 368 g/mol. The quantitative estimate of drug-likeness (QED) is 0.826. The average molecular weight is 369 g/mol. The van der Waals surface area contributed by atoms with Crippen LogP contribution in [-0.2, 0) is 6.42 Å². The van der Waals surface area contributed by atoms with Gasteiger partial charge in [0.15, 0.2) is 0 Å². The van der Waals surface area contributed by atoms with Gasteiger partial charge in [0.1, 0.15) is 5.82 Å². The first-order valence-electron chi connectivity index (χ1n) is 7.40. The van der Waals surface area contributed by atoms with Crippen LogP contribution in [0.15, 0.2) is 36.5 Å². The minimum atomic E-state index is -0.0237. The Bertz CT molecular complexity index is 704. The molecule has 1 aromatic carbocycles. The van der Waals surface area contributed by atoms with E-state index in [0.717, 1.165) is 35.6 Å². The number of rotatable bonds is 2. The Morgan fingerprint density at radius 3 is 2.58 bits per heavy atom. The van der Waals surface area contributed by atoms with Gasteiger partial charge < -0.3 is 15.5 Å². The van der Waals surface area contributed by atoms with Gasteiger partial charge in [0, 0.05) is 38.2 Å². The second-order valence-electron chi connectivity index (χ2n) is 5.70. The Balaban J connectivity index is 0.00000144. The van der Waals surface area contributed by atoms with Gasteiger partial charge in [-0.2, -0.15) is 0 Å². The second kappa shape index (κ2) is 8.22. The summed E-state index contributed by atoms with van der Waals surface area (Å²) in [6.07, 6.45) is 3.48. The molecule has 3 rings (SSSR count). The first kappa shape index (κ1) is 20.1. The van der Waals surface area contributed by atoms with Crippen LogP contribution in [0.4, 0.5) is 17.2 Å². The fourth-order valence-corrected chi connectivity index (χ4v) is 2.80. The standard InChI is InChI=1S/C17H20N4O.2ClH/c1-20(2)16-9-8-12(11-19-16)17(22)21-10-4-5-13-14(18)6-3-7-15(13)21;;/h3,6-9,11H,4-5,10,18H2,1-2H3;2*1H. The van der Waals surface area contributed by atoms with E-state index in [9.17, 15) is 4.79 Å². The van der Waals surface area contributed by atoms with E-state index in [-0.39, 0.29) is 30.7 Å². The molecule has 2 heterocycles. The summed E-state index contributed by atoms with van der Waals surface area (Å²) in [7, 11) is 3.85. The average Bonchev–Trinajstić information content (AvgIpc) is 2.54. The maximum Gasteiger partial charge on any atom is 0.259 e. The van der Waals surface area contributed by atoms with Crippen LogP contribution in [0, 0.1) is 0 Å². The van der Waals surface area contributed by atoms with Gasteiger partial charge in [0.25, 0.3) is 5.91 Å². The Labute approximate surface area is 154 Å². The second-order valence-corrected chi connectivity index (χ2v) is 5.70. The highest BCUT2D eigenvalue weighted by Gasteiger charge is 2.24. The van der Waals surface area contributed by atoms with Crippen LogP contribution < -0.4 is 15.5 Å². The molecule has 1 amide bonds. The molecular weight excluding hydrogens is 347 g/mol. The molecule has 1 aliphatic rings. The zero-order valence-electron chi connectivity index (χ0n) is 13.7. The topological polar surface area (TPSA) is 62.5 Å². The van der Waals surface area contributed by atoms with Crippen LogP contribution in [-0.4, -0.2) is 31.5 Å². The van der Waals surface area contributed by atoms with Crippen molar-refractivity contribution in [2.45, 2.75) is 12.8 Å². The molecule has 5 nitrogen and oxygen atoms in total. The van der Waals surface area contributed by atoms with Crippen LogP contribution in [0.1, 0.15) is 22.3 Å². The molecule has 24 heavy (non-hydrogen) atoms. The number of pyridine rings is 1. The Morgan fingerprint density at radius 1 is 1.21 bits per heavy atom. The molecule has 0 bridgehead atoms. The predicted molar refractivity (Wildman–Crippen MR) is 104 cm³/mol. The fraction of sp³-hybridized carbons (Fsp3) is 0.294. The molecule has 130 valence electrons. The number of nitrogens with two attached hydrogens (primary N) is 1. The summed E-state index contributed by atoms with van der Waals surface area (Å²) in [6, 6.07) is 9.43. The molecule has 2 N–H and O–H groups in total. The van der Waals surface area contributed by atoms with E-state index in [0.29, 0.717) is 12.1 Å². The molecule has 2 aromatic rings. The third kappa shape index (κ3) is 3.74. The predicted octanol–water partition coefficient (Wildman–Crippen LogP) is 3.17. The normalized spacial score (nSPS) is 12.5. The van der Waals surface area contributed by atoms with Crippen molar-refractivity contribution < 1.29 is 4.79 Å².